The molecular formula is C14H18BrFO3. The summed E-state index contributed by atoms with van der Waals surface area (Å²) in [6, 6.07) is 4.04. The fraction of sp³-hybridized carbons (Fsp3) is 0.500. The summed E-state index contributed by atoms with van der Waals surface area (Å²) in [5.41, 5.74) is 0.367. The number of esters is 1. The standard InChI is InChI=1S/C14H18BrFO3/c1-3-4-5-10(14(18)19-2)13(17)11-8-9(16)6-7-12(11)15/h6-8,10,13,17H,3-5H2,1-2H3. The Morgan fingerprint density at radius 2 is 2.21 bits per heavy atom. The molecule has 0 bridgehead atoms. The Morgan fingerprint density at radius 1 is 1.53 bits per heavy atom. The molecule has 1 aromatic carbocycles. The summed E-state index contributed by atoms with van der Waals surface area (Å²) in [6.45, 7) is 2.00. The summed E-state index contributed by atoms with van der Waals surface area (Å²) in [5.74, 6) is -1.60. The van der Waals surface area contributed by atoms with Crippen LogP contribution in [0.2, 0.25) is 0 Å². The Morgan fingerprint density at radius 3 is 2.79 bits per heavy atom. The topological polar surface area (TPSA) is 46.5 Å². The van der Waals surface area contributed by atoms with Crippen LogP contribution >= 0.6 is 15.9 Å². The Labute approximate surface area is 120 Å². The van der Waals surface area contributed by atoms with Gasteiger partial charge in [-0.1, -0.05) is 35.7 Å². The van der Waals surface area contributed by atoms with Crippen LogP contribution in [0, 0.1) is 11.7 Å². The van der Waals surface area contributed by atoms with E-state index < -0.39 is 23.8 Å². The van der Waals surface area contributed by atoms with Crippen molar-refractivity contribution < 1.29 is 19.0 Å². The number of aliphatic hydroxyl groups is 1. The number of rotatable bonds is 6. The third-order valence-corrected chi connectivity index (χ3v) is 3.75. The number of hydrogen-bond donors (Lipinski definition) is 1. The number of aliphatic hydroxyl groups excluding tert-OH is 1. The molecule has 106 valence electrons. The van der Waals surface area contributed by atoms with Crippen molar-refractivity contribution in [3.63, 3.8) is 0 Å². The summed E-state index contributed by atoms with van der Waals surface area (Å²) in [5, 5.41) is 10.3. The van der Waals surface area contributed by atoms with E-state index in [1.165, 1.54) is 25.3 Å². The normalized spacial score (nSPS) is 13.9. The lowest BCUT2D eigenvalue weighted by atomic mass is 9.91. The van der Waals surface area contributed by atoms with Gasteiger partial charge in [-0.15, -0.1) is 0 Å². The van der Waals surface area contributed by atoms with Gasteiger partial charge in [0.2, 0.25) is 0 Å². The first-order valence-corrected chi connectivity index (χ1v) is 7.01. The predicted octanol–water partition coefficient (Wildman–Crippen LogP) is 3.60. The van der Waals surface area contributed by atoms with Crippen LogP contribution in [-0.2, 0) is 9.53 Å². The predicted molar refractivity (Wildman–Crippen MR) is 74.1 cm³/mol. The average Bonchev–Trinajstić information content (AvgIpc) is 2.41. The highest BCUT2D eigenvalue weighted by Crippen LogP contribution is 2.32. The summed E-state index contributed by atoms with van der Waals surface area (Å²) in [4.78, 5) is 11.7. The van der Waals surface area contributed by atoms with Crippen molar-refractivity contribution in [1.82, 2.24) is 0 Å². The van der Waals surface area contributed by atoms with E-state index >= 15 is 0 Å². The number of carbonyl (C=O) groups is 1. The zero-order valence-electron chi connectivity index (χ0n) is 11.0. The Bertz CT molecular complexity index is 437. The fourth-order valence-corrected chi connectivity index (χ4v) is 2.42. The second-order valence-corrected chi connectivity index (χ2v) is 5.24. The summed E-state index contributed by atoms with van der Waals surface area (Å²) in [7, 11) is 1.29. The van der Waals surface area contributed by atoms with E-state index in [9.17, 15) is 14.3 Å². The van der Waals surface area contributed by atoms with E-state index in [0.29, 0.717) is 16.5 Å². The third-order valence-electron chi connectivity index (χ3n) is 3.03. The molecule has 5 heteroatoms. The Hall–Kier alpha value is -0.940. The number of benzene rings is 1. The van der Waals surface area contributed by atoms with Crippen LogP contribution < -0.4 is 0 Å². The van der Waals surface area contributed by atoms with Crippen molar-refractivity contribution in [2.45, 2.75) is 32.3 Å². The molecule has 0 heterocycles. The molecule has 0 fully saturated rings. The number of methoxy groups -OCH3 is 1. The van der Waals surface area contributed by atoms with Crippen molar-refractivity contribution in [2.75, 3.05) is 7.11 Å². The second kappa shape index (κ2) is 7.60. The largest absolute Gasteiger partial charge is 0.469 e. The SMILES string of the molecule is CCCCC(C(=O)OC)C(O)c1cc(F)ccc1Br. The number of unbranched alkanes of at least 4 members (excludes halogenated alkanes) is 1. The monoisotopic (exact) mass is 332 g/mol. The van der Waals surface area contributed by atoms with Gasteiger partial charge in [-0.25, -0.2) is 4.39 Å². The molecule has 2 unspecified atom stereocenters. The lowest BCUT2D eigenvalue weighted by Crippen LogP contribution is -2.24. The van der Waals surface area contributed by atoms with Crippen LogP contribution in [0.5, 0.6) is 0 Å². The van der Waals surface area contributed by atoms with Crippen molar-refractivity contribution in [2.24, 2.45) is 5.92 Å². The van der Waals surface area contributed by atoms with Gasteiger partial charge in [-0.3, -0.25) is 4.79 Å². The van der Waals surface area contributed by atoms with Crippen molar-refractivity contribution in [3.8, 4) is 0 Å². The molecule has 1 N–H and O–H groups in total. The van der Waals surface area contributed by atoms with E-state index in [0.717, 1.165) is 12.8 Å². The van der Waals surface area contributed by atoms with E-state index in [2.05, 4.69) is 15.9 Å². The van der Waals surface area contributed by atoms with Crippen molar-refractivity contribution >= 4 is 21.9 Å². The highest BCUT2D eigenvalue weighted by Gasteiger charge is 2.29. The van der Waals surface area contributed by atoms with Gasteiger partial charge in [0.25, 0.3) is 0 Å². The van der Waals surface area contributed by atoms with E-state index in [1.54, 1.807) is 0 Å². The molecule has 0 aliphatic rings. The van der Waals surface area contributed by atoms with Crippen LogP contribution in [0.4, 0.5) is 4.39 Å². The summed E-state index contributed by atoms with van der Waals surface area (Å²) >= 11 is 3.26. The number of halogens is 2. The van der Waals surface area contributed by atoms with Gasteiger partial charge in [0.15, 0.2) is 0 Å². The lowest BCUT2D eigenvalue weighted by Gasteiger charge is -2.22. The molecule has 0 aromatic heterocycles. The first-order valence-electron chi connectivity index (χ1n) is 6.22. The highest BCUT2D eigenvalue weighted by molar-refractivity contribution is 9.10. The molecule has 19 heavy (non-hydrogen) atoms. The molecule has 0 saturated heterocycles. The first-order chi connectivity index (χ1) is 9.01. The number of carbonyl (C=O) groups excluding carboxylic acids is 1. The van der Waals surface area contributed by atoms with E-state index in [4.69, 9.17) is 4.74 Å². The fourth-order valence-electron chi connectivity index (χ4n) is 1.94. The Kier molecular flexibility index (Phi) is 6.45. The third kappa shape index (κ3) is 4.28. The molecule has 0 radical (unpaired) electrons. The van der Waals surface area contributed by atoms with Crippen LogP contribution in [0.25, 0.3) is 0 Å². The van der Waals surface area contributed by atoms with Crippen LogP contribution in [0.1, 0.15) is 37.9 Å². The molecule has 2 atom stereocenters. The molecule has 0 spiro atoms. The summed E-state index contributed by atoms with van der Waals surface area (Å²) in [6.07, 6.45) is 1.13. The molecule has 0 aliphatic carbocycles. The van der Waals surface area contributed by atoms with Gasteiger partial charge < -0.3 is 9.84 Å². The molecular weight excluding hydrogens is 315 g/mol. The summed E-state index contributed by atoms with van der Waals surface area (Å²) < 4.78 is 18.5. The maximum atomic E-state index is 13.3. The van der Waals surface area contributed by atoms with Crippen molar-refractivity contribution in [3.05, 3.63) is 34.1 Å². The van der Waals surface area contributed by atoms with Crippen molar-refractivity contribution in [1.29, 1.82) is 0 Å². The number of ether oxygens (including phenoxy) is 1. The average molecular weight is 333 g/mol. The molecule has 0 amide bonds. The van der Waals surface area contributed by atoms with E-state index in [-0.39, 0.29) is 0 Å². The Balaban J connectivity index is 3.00. The minimum Gasteiger partial charge on any atom is -0.469 e. The van der Waals surface area contributed by atoms with Gasteiger partial charge in [-0.05, 0) is 30.2 Å². The maximum Gasteiger partial charge on any atom is 0.311 e. The van der Waals surface area contributed by atoms with Gasteiger partial charge >= 0.3 is 5.97 Å². The zero-order valence-corrected chi connectivity index (χ0v) is 12.6. The van der Waals surface area contributed by atoms with Gasteiger partial charge in [0.1, 0.15) is 5.82 Å². The van der Waals surface area contributed by atoms with Gasteiger partial charge in [0, 0.05) is 4.47 Å². The minimum absolute atomic E-state index is 0.367. The lowest BCUT2D eigenvalue weighted by molar-refractivity contribution is -0.150. The quantitative estimate of drug-likeness (QED) is 0.809. The van der Waals surface area contributed by atoms with E-state index in [1.807, 2.05) is 6.92 Å². The molecule has 0 saturated carbocycles. The highest BCUT2D eigenvalue weighted by atomic mass is 79.9. The first kappa shape index (κ1) is 16.1. The minimum atomic E-state index is -1.08. The molecule has 0 aliphatic heterocycles. The van der Waals surface area contributed by atoms with Crippen LogP contribution in [0.3, 0.4) is 0 Å². The van der Waals surface area contributed by atoms with Crippen LogP contribution in [0.15, 0.2) is 22.7 Å². The maximum absolute atomic E-state index is 13.3. The molecule has 1 rings (SSSR count). The zero-order chi connectivity index (χ0) is 14.4. The smallest absolute Gasteiger partial charge is 0.311 e. The second-order valence-electron chi connectivity index (χ2n) is 4.38. The number of hydrogen-bond acceptors (Lipinski definition) is 3. The van der Waals surface area contributed by atoms with Gasteiger partial charge in [-0.2, -0.15) is 0 Å². The van der Waals surface area contributed by atoms with Gasteiger partial charge in [0.05, 0.1) is 19.1 Å². The molecule has 3 nitrogen and oxygen atoms in total. The van der Waals surface area contributed by atoms with Crippen LogP contribution in [-0.4, -0.2) is 18.2 Å². The molecule has 1 aromatic rings.